The standard InChI is InChI=1S/C17H26ClNO3S.C15H22ClNO2/c1-4-14(19-22-8-6-7-18)17-15(20)10-13(11-16(17)21)9-12(3)23-5-2;1-5-13-8-6-7-11(2)15(13)17(14(18)9-16)12(3)10-19-4/h6-7,12-13,20H,4-5,8-11H2,1-3H3;6-8,12H,5,9-10H2,1-4H3/b7-6+,19-14+;. The van der Waals surface area contributed by atoms with Gasteiger partial charge in [0.05, 0.1) is 29.6 Å². The van der Waals surface area contributed by atoms with Gasteiger partial charge in [0.15, 0.2) is 5.78 Å². The van der Waals surface area contributed by atoms with Crippen LogP contribution in [0.5, 0.6) is 0 Å². The molecule has 0 aromatic heterocycles. The molecule has 0 saturated carbocycles. The molecule has 1 aliphatic rings. The molecule has 3 unspecified atom stereocenters. The quantitative estimate of drug-likeness (QED) is 0.0902. The highest BCUT2D eigenvalue weighted by atomic mass is 35.5. The zero-order valence-electron chi connectivity index (χ0n) is 26.1. The Morgan fingerprint density at radius 1 is 1.26 bits per heavy atom. The summed E-state index contributed by atoms with van der Waals surface area (Å²) in [5.74, 6) is 1.27. The summed E-state index contributed by atoms with van der Waals surface area (Å²) in [6.45, 7) is 13.0. The number of aliphatic hydroxyl groups is 1. The van der Waals surface area contributed by atoms with Crippen LogP contribution in [0.2, 0.25) is 0 Å². The number of halogens is 2. The lowest BCUT2D eigenvalue weighted by Crippen LogP contribution is -2.43. The zero-order chi connectivity index (χ0) is 31.7. The maximum Gasteiger partial charge on any atom is 0.242 e. The summed E-state index contributed by atoms with van der Waals surface area (Å²) in [6.07, 6.45) is 4.96. The van der Waals surface area contributed by atoms with Crippen LogP contribution in [-0.4, -0.2) is 65.8 Å². The fraction of sp³-hybridized carbons (Fsp3) is 0.594. The molecule has 2 rings (SSSR count). The second-order valence-corrected chi connectivity index (χ2v) is 12.4. The molecule has 0 radical (unpaired) electrons. The molecule has 42 heavy (non-hydrogen) atoms. The van der Waals surface area contributed by atoms with Crippen molar-refractivity contribution in [2.75, 3.05) is 36.9 Å². The van der Waals surface area contributed by atoms with Crippen molar-refractivity contribution in [1.29, 1.82) is 0 Å². The highest BCUT2D eigenvalue weighted by molar-refractivity contribution is 7.99. The molecule has 3 atom stereocenters. The maximum absolute atomic E-state index is 12.4. The van der Waals surface area contributed by atoms with Crippen molar-refractivity contribution in [1.82, 2.24) is 0 Å². The Morgan fingerprint density at radius 2 is 1.98 bits per heavy atom. The summed E-state index contributed by atoms with van der Waals surface area (Å²) in [6, 6.07) is 6.05. The van der Waals surface area contributed by atoms with Gasteiger partial charge in [0, 0.05) is 30.7 Å². The number of ether oxygens (including phenoxy) is 1. The Labute approximate surface area is 266 Å². The number of rotatable bonds is 15. The molecule has 1 aromatic carbocycles. The van der Waals surface area contributed by atoms with Crippen LogP contribution in [-0.2, 0) is 25.6 Å². The summed E-state index contributed by atoms with van der Waals surface area (Å²) < 4.78 is 5.18. The van der Waals surface area contributed by atoms with Crippen molar-refractivity contribution in [3.8, 4) is 0 Å². The molecule has 0 fully saturated rings. The Bertz CT molecular complexity index is 1090. The van der Waals surface area contributed by atoms with E-state index >= 15 is 0 Å². The Morgan fingerprint density at radius 3 is 2.52 bits per heavy atom. The number of alkyl halides is 1. The molecule has 0 saturated heterocycles. The molecule has 7 nitrogen and oxygen atoms in total. The number of amides is 1. The van der Waals surface area contributed by atoms with Crippen molar-refractivity contribution in [3.05, 3.63) is 52.3 Å². The van der Waals surface area contributed by atoms with Crippen molar-refractivity contribution < 1.29 is 24.3 Å². The molecular formula is C32H48Cl2N2O5S. The van der Waals surface area contributed by atoms with E-state index in [1.54, 1.807) is 18.1 Å². The number of anilines is 1. The van der Waals surface area contributed by atoms with Gasteiger partial charge in [-0.15, -0.1) is 11.6 Å². The number of Topliss-reactive ketones (excluding diaryl/α,β-unsaturated/α-hetero) is 1. The predicted molar refractivity (Wildman–Crippen MR) is 178 cm³/mol. The van der Waals surface area contributed by atoms with Crippen LogP contribution in [0.1, 0.15) is 71.4 Å². The second kappa shape index (κ2) is 20.8. The molecule has 1 aromatic rings. The van der Waals surface area contributed by atoms with E-state index < -0.39 is 0 Å². The van der Waals surface area contributed by atoms with Crippen LogP contribution in [0.3, 0.4) is 0 Å². The SMILES string of the molecule is CCSC(C)CC1CC(=O)C(/C(CC)=N/OC/C=C/Cl)=C(O)C1.CCc1cccc(C)c1N(C(=O)CCl)C(C)COC. The summed E-state index contributed by atoms with van der Waals surface area (Å²) >= 11 is 13.1. The van der Waals surface area contributed by atoms with Crippen LogP contribution < -0.4 is 4.90 Å². The average molecular weight is 644 g/mol. The van der Waals surface area contributed by atoms with E-state index in [-0.39, 0.29) is 41.9 Å². The van der Waals surface area contributed by atoms with E-state index in [4.69, 9.17) is 32.8 Å². The van der Waals surface area contributed by atoms with Gasteiger partial charge in [0.25, 0.3) is 0 Å². The Kier molecular flexibility index (Phi) is 18.9. The molecule has 10 heteroatoms. The molecule has 0 spiro atoms. The van der Waals surface area contributed by atoms with E-state index in [1.807, 2.05) is 44.7 Å². The fourth-order valence-electron chi connectivity index (χ4n) is 5.09. The Hall–Kier alpha value is -2.00. The number of oxime groups is 1. The number of thioether (sulfide) groups is 1. The van der Waals surface area contributed by atoms with E-state index in [9.17, 15) is 14.7 Å². The van der Waals surface area contributed by atoms with Gasteiger partial charge in [-0.25, -0.2) is 0 Å². The summed E-state index contributed by atoms with van der Waals surface area (Å²) in [7, 11) is 1.64. The minimum atomic E-state index is -0.0878. The topological polar surface area (TPSA) is 88.4 Å². The number of benzene rings is 1. The van der Waals surface area contributed by atoms with Gasteiger partial charge in [0.1, 0.15) is 18.2 Å². The molecule has 0 aliphatic heterocycles. The number of carbonyl (C=O) groups is 2. The highest BCUT2D eigenvalue weighted by Crippen LogP contribution is 2.33. The van der Waals surface area contributed by atoms with Gasteiger partial charge >= 0.3 is 0 Å². The third kappa shape index (κ3) is 11.9. The van der Waals surface area contributed by atoms with Gasteiger partial charge in [-0.2, -0.15) is 11.8 Å². The second-order valence-electron chi connectivity index (χ2n) is 10.2. The van der Waals surface area contributed by atoms with Gasteiger partial charge in [-0.3, -0.25) is 9.59 Å². The molecule has 1 amide bonds. The smallest absolute Gasteiger partial charge is 0.242 e. The van der Waals surface area contributed by atoms with Gasteiger partial charge < -0.3 is 19.6 Å². The third-order valence-corrected chi connectivity index (χ3v) is 8.37. The first-order chi connectivity index (χ1) is 20.1. The van der Waals surface area contributed by atoms with E-state index in [0.717, 1.165) is 35.4 Å². The van der Waals surface area contributed by atoms with Crippen molar-refractivity contribution in [3.63, 3.8) is 0 Å². The van der Waals surface area contributed by atoms with Crippen LogP contribution in [0.25, 0.3) is 0 Å². The first-order valence-corrected chi connectivity index (χ1v) is 16.6. The predicted octanol–water partition coefficient (Wildman–Crippen LogP) is 8.01. The molecular weight excluding hydrogens is 595 g/mol. The number of carbonyl (C=O) groups excluding carboxylic acids is 2. The minimum Gasteiger partial charge on any atom is -0.511 e. The molecule has 1 aliphatic carbocycles. The van der Waals surface area contributed by atoms with Crippen LogP contribution in [0.15, 0.2) is 46.3 Å². The van der Waals surface area contributed by atoms with Crippen LogP contribution >= 0.6 is 35.0 Å². The first-order valence-electron chi connectivity index (χ1n) is 14.6. The lowest BCUT2D eigenvalue weighted by Gasteiger charge is -2.31. The van der Waals surface area contributed by atoms with E-state index in [1.165, 1.54) is 5.54 Å². The van der Waals surface area contributed by atoms with Crippen molar-refractivity contribution in [2.45, 2.75) is 84.9 Å². The number of ketones is 1. The largest absolute Gasteiger partial charge is 0.511 e. The number of nitrogens with zero attached hydrogens (tertiary/aromatic N) is 2. The number of allylic oxidation sites excluding steroid dienone is 2. The van der Waals surface area contributed by atoms with Gasteiger partial charge in [-0.1, -0.05) is 62.7 Å². The fourth-order valence-corrected chi connectivity index (χ4v) is 6.27. The Balaban J connectivity index is 0.000000428. The van der Waals surface area contributed by atoms with E-state index in [0.29, 0.717) is 42.4 Å². The molecule has 0 bridgehead atoms. The number of aliphatic hydroxyl groups excluding tert-OH is 1. The normalized spacial score (nSPS) is 17.1. The molecule has 1 N–H and O–H groups in total. The maximum atomic E-state index is 12.4. The molecule has 0 heterocycles. The zero-order valence-corrected chi connectivity index (χ0v) is 28.4. The van der Waals surface area contributed by atoms with Gasteiger partial charge in [-0.05, 0) is 62.0 Å². The minimum absolute atomic E-state index is 0.0223. The average Bonchev–Trinajstić information content (AvgIpc) is 2.95. The van der Waals surface area contributed by atoms with E-state index in [2.05, 4.69) is 32.0 Å². The monoisotopic (exact) mass is 642 g/mol. The number of para-hydroxylation sites is 1. The molecule has 236 valence electrons. The lowest BCUT2D eigenvalue weighted by molar-refractivity contribution is -0.117. The highest BCUT2D eigenvalue weighted by Gasteiger charge is 2.31. The lowest BCUT2D eigenvalue weighted by atomic mass is 9.82. The van der Waals surface area contributed by atoms with Crippen LogP contribution in [0.4, 0.5) is 5.69 Å². The number of hydrogen-bond donors (Lipinski definition) is 1. The summed E-state index contributed by atoms with van der Waals surface area (Å²) in [4.78, 5) is 31.5. The summed E-state index contributed by atoms with van der Waals surface area (Å²) in [5.41, 5.74) is 5.41. The summed E-state index contributed by atoms with van der Waals surface area (Å²) in [5, 5.41) is 14.8. The van der Waals surface area contributed by atoms with Crippen molar-refractivity contribution >= 4 is 58.1 Å². The third-order valence-electron chi connectivity index (χ3n) is 6.87. The number of methoxy groups -OCH3 is 1. The van der Waals surface area contributed by atoms with Crippen LogP contribution in [0, 0.1) is 12.8 Å². The van der Waals surface area contributed by atoms with Crippen molar-refractivity contribution in [2.24, 2.45) is 11.1 Å². The van der Waals surface area contributed by atoms with Gasteiger partial charge in [0.2, 0.25) is 5.91 Å². The number of hydrogen-bond acceptors (Lipinski definition) is 7. The number of aryl methyl sites for hydroxylation is 2. The first kappa shape index (κ1) is 38.0.